The fourth-order valence-corrected chi connectivity index (χ4v) is 1.56. The summed E-state index contributed by atoms with van der Waals surface area (Å²) in [5.41, 5.74) is 0.755. The molecular formula is C11H7ClF2N2. The van der Waals surface area contributed by atoms with Crippen LogP contribution in [0.2, 0.25) is 5.15 Å². The zero-order chi connectivity index (χ0) is 11.7. The zero-order valence-electron chi connectivity index (χ0n) is 8.34. The average Bonchev–Trinajstić information content (AvgIpc) is 2.15. The first-order valence-electron chi connectivity index (χ1n) is 4.53. The van der Waals surface area contributed by atoms with E-state index in [-0.39, 0.29) is 16.5 Å². The van der Waals surface area contributed by atoms with Crippen LogP contribution < -0.4 is 0 Å². The minimum absolute atomic E-state index is 0.131. The molecule has 0 aliphatic rings. The third-order valence-electron chi connectivity index (χ3n) is 1.99. The lowest BCUT2D eigenvalue weighted by molar-refractivity contribution is 0.585. The van der Waals surface area contributed by atoms with Gasteiger partial charge in [-0.25, -0.2) is 18.7 Å². The molecule has 1 aromatic carbocycles. The van der Waals surface area contributed by atoms with Crippen LogP contribution >= 0.6 is 11.6 Å². The van der Waals surface area contributed by atoms with Crippen LogP contribution in [-0.2, 0) is 0 Å². The van der Waals surface area contributed by atoms with Crippen LogP contribution in [0.15, 0.2) is 24.3 Å². The van der Waals surface area contributed by atoms with Crippen molar-refractivity contribution < 1.29 is 8.78 Å². The molecule has 0 spiro atoms. The maximum absolute atomic E-state index is 13.4. The molecule has 0 N–H and O–H groups in total. The van der Waals surface area contributed by atoms with E-state index in [1.807, 2.05) is 0 Å². The molecule has 1 aromatic heterocycles. The van der Waals surface area contributed by atoms with E-state index in [0.29, 0.717) is 5.69 Å². The number of aryl methyl sites for hydroxylation is 1. The Hall–Kier alpha value is -1.55. The molecule has 1 heterocycles. The Labute approximate surface area is 95.9 Å². The van der Waals surface area contributed by atoms with Crippen molar-refractivity contribution in [2.45, 2.75) is 6.92 Å². The van der Waals surface area contributed by atoms with Gasteiger partial charge in [-0.2, -0.15) is 0 Å². The van der Waals surface area contributed by atoms with Crippen LogP contribution in [0.1, 0.15) is 5.69 Å². The fraction of sp³-hybridized carbons (Fsp3) is 0.0909. The lowest BCUT2D eigenvalue weighted by atomic mass is 10.2. The second-order valence-electron chi connectivity index (χ2n) is 3.28. The van der Waals surface area contributed by atoms with E-state index in [9.17, 15) is 8.78 Å². The number of hydrogen-bond acceptors (Lipinski definition) is 2. The predicted octanol–water partition coefficient (Wildman–Crippen LogP) is 3.38. The smallest absolute Gasteiger partial charge is 0.164 e. The van der Waals surface area contributed by atoms with E-state index in [1.54, 1.807) is 13.0 Å². The average molecular weight is 241 g/mol. The second-order valence-corrected chi connectivity index (χ2v) is 3.67. The van der Waals surface area contributed by atoms with Gasteiger partial charge in [-0.1, -0.05) is 11.6 Å². The normalized spacial score (nSPS) is 10.5. The Kier molecular flexibility index (Phi) is 2.83. The highest BCUT2D eigenvalue weighted by Crippen LogP contribution is 2.21. The molecular weight excluding hydrogens is 234 g/mol. The van der Waals surface area contributed by atoms with Crippen molar-refractivity contribution in [3.8, 4) is 11.4 Å². The number of nitrogens with zero attached hydrogens (tertiary/aromatic N) is 2. The van der Waals surface area contributed by atoms with Crippen molar-refractivity contribution in [2.24, 2.45) is 0 Å². The summed E-state index contributed by atoms with van der Waals surface area (Å²) in [5.74, 6) is -1.19. The third kappa shape index (κ3) is 2.17. The Morgan fingerprint density at radius 1 is 1.12 bits per heavy atom. The standard InChI is InChI=1S/C11H7ClF2N2/c1-6-4-10(12)16-11(15-6)8-3-2-7(13)5-9(8)14/h2-5H,1H3. The van der Waals surface area contributed by atoms with E-state index in [4.69, 9.17) is 11.6 Å². The van der Waals surface area contributed by atoms with Crippen LogP contribution in [0, 0.1) is 18.6 Å². The molecule has 5 heteroatoms. The van der Waals surface area contributed by atoms with E-state index in [1.165, 1.54) is 6.07 Å². The lowest BCUT2D eigenvalue weighted by Gasteiger charge is -2.03. The van der Waals surface area contributed by atoms with Gasteiger partial charge in [-0.3, -0.25) is 0 Å². The van der Waals surface area contributed by atoms with E-state index in [2.05, 4.69) is 9.97 Å². The number of rotatable bonds is 1. The number of benzene rings is 1. The second kappa shape index (κ2) is 4.14. The van der Waals surface area contributed by atoms with Crippen molar-refractivity contribution >= 4 is 11.6 Å². The predicted molar refractivity (Wildman–Crippen MR) is 57.1 cm³/mol. The summed E-state index contributed by atoms with van der Waals surface area (Å²) in [7, 11) is 0. The lowest BCUT2D eigenvalue weighted by Crippen LogP contribution is -1.95. The first-order chi connectivity index (χ1) is 7.56. The Morgan fingerprint density at radius 3 is 2.50 bits per heavy atom. The molecule has 2 rings (SSSR count). The van der Waals surface area contributed by atoms with E-state index >= 15 is 0 Å². The third-order valence-corrected chi connectivity index (χ3v) is 2.19. The van der Waals surface area contributed by atoms with Crippen molar-refractivity contribution in [3.63, 3.8) is 0 Å². The van der Waals surface area contributed by atoms with E-state index < -0.39 is 11.6 Å². The van der Waals surface area contributed by atoms with E-state index in [0.717, 1.165) is 12.1 Å². The van der Waals surface area contributed by atoms with Crippen molar-refractivity contribution in [1.82, 2.24) is 9.97 Å². The van der Waals surface area contributed by atoms with Crippen LogP contribution in [0.25, 0.3) is 11.4 Å². The minimum Gasteiger partial charge on any atom is -0.233 e. The summed E-state index contributed by atoms with van der Waals surface area (Å²) in [5, 5.41) is 0.228. The summed E-state index contributed by atoms with van der Waals surface area (Å²) in [4.78, 5) is 7.92. The molecule has 0 radical (unpaired) electrons. The van der Waals surface area contributed by atoms with Crippen LogP contribution in [0.4, 0.5) is 8.78 Å². The maximum atomic E-state index is 13.4. The number of hydrogen-bond donors (Lipinski definition) is 0. The van der Waals surface area contributed by atoms with Gasteiger partial charge < -0.3 is 0 Å². The molecule has 0 aliphatic heterocycles. The molecule has 2 aromatic rings. The van der Waals surface area contributed by atoms with Gasteiger partial charge in [0.1, 0.15) is 16.8 Å². The number of halogens is 3. The van der Waals surface area contributed by atoms with Crippen molar-refractivity contribution in [2.75, 3.05) is 0 Å². The van der Waals surface area contributed by atoms with Crippen molar-refractivity contribution in [1.29, 1.82) is 0 Å². The van der Waals surface area contributed by atoms with Gasteiger partial charge in [0.25, 0.3) is 0 Å². The van der Waals surface area contributed by atoms with Crippen LogP contribution in [0.5, 0.6) is 0 Å². The van der Waals surface area contributed by atoms with Gasteiger partial charge in [0.15, 0.2) is 5.82 Å². The number of aromatic nitrogens is 2. The molecule has 0 saturated carbocycles. The summed E-state index contributed by atoms with van der Waals surface area (Å²) < 4.78 is 26.2. The summed E-state index contributed by atoms with van der Waals surface area (Å²) in [6, 6.07) is 4.79. The minimum atomic E-state index is -0.707. The molecule has 0 saturated heterocycles. The van der Waals surface area contributed by atoms with Crippen LogP contribution in [-0.4, -0.2) is 9.97 Å². The Bertz CT molecular complexity index is 523. The molecule has 0 bridgehead atoms. The first kappa shape index (κ1) is 11.0. The van der Waals surface area contributed by atoms with Gasteiger partial charge in [-0.05, 0) is 25.1 Å². The molecule has 16 heavy (non-hydrogen) atoms. The Balaban J connectivity index is 2.58. The van der Waals surface area contributed by atoms with Gasteiger partial charge in [0.2, 0.25) is 0 Å². The van der Waals surface area contributed by atoms with Crippen molar-refractivity contribution in [3.05, 3.63) is 46.7 Å². The largest absolute Gasteiger partial charge is 0.233 e. The van der Waals surface area contributed by atoms with Gasteiger partial charge >= 0.3 is 0 Å². The molecule has 2 nitrogen and oxygen atoms in total. The molecule has 82 valence electrons. The van der Waals surface area contributed by atoms with Gasteiger partial charge in [0.05, 0.1) is 5.56 Å². The molecule has 0 unspecified atom stereocenters. The molecule has 0 atom stereocenters. The quantitative estimate of drug-likeness (QED) is 0.714. The topological polar surface area (TPSA) is 25.8 Å². The summed E-state index contributed by atoms with van der Waals surface area (Å²) in [6.07, 6.45) is 0. The Morgan fingerprint density at radius 2 is 1.88 bits per heavy atom. The SMILES string of the molecule is Cc1cc(Cl)nc(-c2ccc(F)cc2F)n1. The summed E-state index contributed by atoms with van der Waals surface area (Å²) in [6.45, 7) is 1.72. The van der Waals surface area contributed by atoms with Gasteiger partial charge in [0, 0.05) is 11.8 Å². The first-order valence-corrected chi connectivity index (χ1v) is 4.90. The maximum Gasteiger partial charge on any atom is 0.164 e. The zero-order valence-corrected chi connectivity index (χ0v) is 9.09. The molecule has 0 amide bonds. The summed E-state index contributed by atoms with van der Waals surface area (Å²) >= 11 is 5.74. The highest BCUT2D eigenvalue weighted by molar-refractivity contribution is 6.29. The molecule has 0 aliphatic carbocycles. The monoisotopic (exact) mass is 240 g/mol. The highest BCUT2D eigenvalue weighted by atomic mass is 35.5. The highest BCUT2D eigenvalue weighted by Gasteiger charge is 2.10. The fourth-order valence-electron chi connectivity index (χ4n) is 1.32. The van der Waals surface area contributed by atoms with Crippen LogP contribution in [0.3, 0.4) is 0 Å². The van der Waals surface area contributed by atoms with Gasteiger partial charge in [-0.15, -0.1) is 0 Å². The molecule has 0 fully saturated rings.